The van der Waals surface area contributed by atoms with Crippen LogP contribution < -0.4 is 0 Å². The molecule has 0 aliphatic heterocycles. The third-order valence-electron chi connectivity index (χ3n) is 1.54. The highest BCUT2D eigenvalue weighted by molar-refractivity contribution is 5.89. The topological polar surface area (TPSA) is 118 Å². The van der Waals surface area contributed by atoms with Crippen molar-refractivity contribution in [2.24, 2.45) is 0 Å². The van der Waals surface area contributed by atoms with E-state index in [9.17, 15) is 4.79 Å². The minimum atomic E-state index is -1.29. The second-order valence-electron chi connectivity index (χ2n) is 2.89. The zero-order chi connectivity index (χ0) is 12.7. The van der Waals surface area contributed by atoms with Gasteiger partial charge < -0.3 is 25.5 Å². The molecular formula is C10H14O6. The van der Waals surface area contributed by atoms with Gasteiger partial charge in [0, 0.05) is 6.61 Å². The standard InChI is InChI=1S/C7H6O5.C3H8O/c8-4-1-3(7(11)12)2-5(9)6(4)10;1-2-3-4/h1-2,8-10H,(H,11,12);4H,2-3H2,1H3. The molecule has 0 saturated carbocycles. The van der Waals surface area contributed by atoms with Gasteiger partial charge >= 0.3 is 5.97 Å². The highest BCUT2D eigenvalue weighted by atomic mass is 16.4. The summed E-state index contributed by atoms with van der Waals surface area (Å²) in [6.45, 7) is 2.25. The van der Waals surface area contributed by atoms with Crippen molar-refractivity contribution in [3.8, 4) is 17.2 Å². The molecule has 0 aliphatic rings. The maximum atomic E-state index is 10.3. The number of aliphatic hydroxyl groups is 1. The van der Waals surface area contributed by atoms with E-state index in [1.54, 1.807) is 0 Å². The summed E-state index contributed by atoms with van der Waals surface area (Å²) in [7, 11) is 0. The van der Waals surface area contributed by atoms with Gasteiger partial charge in [0.15, 0.2) is 17.2 Å². The largest absolute Gasteiger partial charge is 0.504 e. The molecule has 0 saturated heterocycles. The van der Waals surface area contributed by atoms with Crippen molar-refractivity contribution in [1.82, 2.24) is 0 Å². The molecule has 6 nitrogen and oxygen atoms in total. The number of hydrogen-bond donors (Lipinski definition) is 5. The summed E-state index contributed by atoms with van der Waals surface area (Å²) >= 11 is 0. The minimum absolute atomic E-state index is 0.289. The first-order chi connectivity index (χ1) is 7.43. The molecule has 0 bridgehead atoms. The van der Waals surface area contributed by atoms with E-state index in [4.69, 9.17) is 25.5 Å². The molecule has 1 aromatic carbocycles. The van der Waals surface area contributed by atoms with Crippen LogP contribution in [0, 0.1) is 0 Å². The molecule has 0 aliphatic carbocycles. The lowest BCUT2D eigenvalue weighted by Gasteiger charge is -2.01. The lowest BCUT2D eigenvalue weighted by Crippen LogP contribution is -1.95. The third kappa shape index (κ3) is 4.05. The number of carbonyl (C=O) groups is 1. The van der Waals surface area contributed by atoms with E-state index in [0.717, 1.165) is 18.6 Å². The van der Waals surface area contributed by atoms with Crippen molar-refractivity contribution in [1.29, 1.82) is 0 Å². The number of aliphatic hydroxyl groups excluding tert-OH is 1. The molecule has 5 N–H and O–H groups in total. The van der Waals surface area contributed by atoms with Crippen molar-refractivity contribution in [2.75, 3.05) is 6.61 Å². The number of aromatic hydroxyl groups is 3. The van der Waals surface area contributed by atoms with E-state index in [1.807, 2.05) is 6.92 Å². The first kappa shape index (κ1) is 14.1. The molecule has 1 rings (SSSR count). The van der Waals surface area contributed by atoms with Gasteiger partial charge in [0.2, 0.25) is 0 Å². The van der Waals surface area contributed by atoms with Crippen molar-refractivity contribution in [3.63, 3.8) is 0 Å². The van der Waals surface area contributed by atoms with Gasteiger partial charge in [-0.3, -0.25) is 0 Å². The molecular weight excluding hydrogens is 216 g/mol. The van der Waals surface area contributed by atoms with Gasteiger partial charge in [-0.15, -0.1) is 0 Å². The summed E-state index contributed by atoms with van der Waals surface area (Å²) in [5.41, 5.74) is -0.289. The Hall–Kier alpha value is -1.95. The number of hydrogen-bond acceptors (Lipinski definition) is 5. The normalized spacial score (nSPS) is 9.12. The van der Waals surface area contributed by atoms with Crippen LogP contribution >= 0.6 is 0 Å². The molecule has 16 heavy (non-hydrogen) atoms. The predicted molar refractivity (Wildman–Crippen MR) is 55.8 cm³/mol. The van der Waals surface area contributed by atoms with Crippen molar-refractivity contribution >= 4 is 5.97 Å². The Bertz CT molecular complexity index is 335. The monoisotopic (exact) mass is 230 g/mol. The Balaban J connectivity index is 0.000000487. The van der Waals surface area contributed by atoms with Crippen LogP contribution in [0.4, 0.5) is 0 Å². The van der Waals surface area contributed by atoms with Gasteiger partial charge in [0.25, 0.3) is 0 Å². The second kappa shape index (κ2) is 6.52. The zero-order valence-electron chi connectivity index (χ0n) is 8.71. The van der Waals surface area contributed by atoms with Crippen molar-refractivity contribution in [2.45, 2.75) is 13.3 Å². The third-order valence-corrected chi connectivity index (χ3v) is 1.54. The summed E-state index contributed by atoms with van der Waals surface area (Å²) in [6.07, 6.45) is 0.875. The zero-order valence-corrected chi connectivity index (χ0v) is 8.71. The molecule has 0 unspecified atom stereocenters. The van der Waals surface area contributed by atoms with Crippen LogP contribution in [0.2, 0.25) is 0 Å². The minimum Gasteiger partial charge on any atom is -0.504 e. The summed E-state index contributed by atoms with van der Waals surface area (Å²) in [5.74, 6) is -3.33. The van der Waals surface area contributed by atoms with Gasteiger partial charge in [0.1, 0.15) is 0 Å². The molecule has 0 amide bonds. The van der Waals surface area contributed by atoms with Gasteiger partial charge in [-0.25, -0.2) is 4.79 Å². The molecule has 6 heteroatoms. The Morgan fingerprint density at radius 1 is 1.19 bits per heavy atom. The fourth-order valence-corrected chi connectivity index (χ4v) is 0.728. The molecule has 0 atom stereocenters. The molecule has 0 spiro atoms. The Labute approximate surface area is 92.0 Å². The van der Waals surface area contributed by atoms with E-state index < -0.39 is 23.2 Å². The van der Waals surface area contributed by atoms with Gasteiger partial charge in [-0.1, -0.05) is 6.92 Å². The average Bonchev–Trinajstić information content (AvgIpc) is 2.25. The van der Waals surface area contributed by atoms with Gasteiger partial charge in [-0.2, -0.15) is 0 Å². The van der Waals surface area contributed by atoms with E-state index >= 15 is 0 Å². The molecule has 0 fully saturated rings. The quantitative estimate of drug-likeness (QED) is 0.481. The Kier molecular flexibility index (Phi) is 5.72. The lowest BCUT2D eigenvalue weighted by atomic mass is 10.2. The predicted octanol–water partition coefficient (Wildman–Crippen LogP) is 0.890. The summed E-state index contributed by atoms with van der Waals surface area (Å²) < 4.78 is 0. The van der Waals surface area contributed by atoms with E-state index in [2.05, 4.69) is 0 Å². The molecule has 1 aromatic rings. The highest BCUT2D eigenvalue weighted by Gasteiger charge is 2.11. The van der Waals surface area contributed by atoms with E-state index in [0.29, 0.717) is 6.61 Å². The summed E-state index contributed by atoms with van der Waals surface area (Å²) in [4.78, 5) is 10.3. The summed E-state index contributed by atoms with van der Waals surface area (Å²) in [5, 5.41) is 42.8. The Morgan fingerprint density at radius 2 is 1.56 bits per heavy atom. The van der Waals surface area contributed by atoms with Crippen molar-refractivity contribution in [3.05, 3.63) is 17.7 Å². The first-order valence-electron chi connectivity index (χ1n) is 4.53. The molecule has 90 valence electrons. The number of rotatable bonds is 2. The number of carboxylic acids is 1. The maximum Gasteiger partial charge on any atom is 0.335 e. The van der Waals surface area contributed by atoms with E-state index in [1.165, 1.54) is 0 Å². The number of phenols is 3. The fraction of sp³-hybridized carbons (Fsp3) is 0.300. The number of benzene rings is 1. The van der Waals surface area contributed by atoms with Crippen LogP contribution in [0.1, 0.15) is 23.7 Å². The maximum absolute atomic E-state index is 10.3. The van der Waals surface area contributed by atoms with Gasteiger partial charge in [-0.05, 0) is 18.6 Å². The van der Waals surface area contributed by atoms with Crippen LogP contribution in [-0.2, 0) is 0 Å². The highest BCUT2D eigenvalue weighted by Crippen LogP contribution is 2.35. The van der Waals surface area contributed by atoms with Crippen LogP contribution in [0.15, 0.2) is 12.1 Å². The van der Waals surface area contributed by atoms with Crippen molar-refractivity contribution < 1.29 is 30.3 Å². The molecule has 0 radical (unpaired) electrons. The molecule has 0 aromatic heterocycles. The smallest absolute Gasteiger partial charge is 0.335 e. The SMILES string of the molecule is CCCO.O=C(O)c1cc(O)c(O)c(O)c1. The van der Waals surface area contributed by atoms with E-state index in [-0.39, 0.29) is 5.56 Å². The number of aromatic carboxylic acids is 1. The molecule has 0 heterocycles. The number of phenolic OH excluding ortho intramolecular Hbond substituents is 3. The number of carboxylic acid groups (broad SMARTS) is 1. The second-order valence-corrected chi connectivity index (χ2v) is 2.89. The van der Waals surface area contributed by atoms with Crippen LogP contribution in [0.5, 0.6) is 17.2 Å². The average molecular weight is 230 g/mol. The first-order valence-corrected chi connectivity index (χ1v) is 4.53. The van der Waals surface area contributed by atoms with Crippen LogP contribution in [0.25, 0.3) is 0 Å². The Morgan fingerprint density at radius 3 is 1.81 bits per heavy atom. The summed E-state index contributed by atoms with van der Waals surface area (Å²) in [6, 6.07) is 1.69. The van der Waals surface area contributed by atoms with Crippen LogP contribution in [0.3, 0.4) is 0 Å². The fourth-order valence-electron chi connectivity index (χ4n) is 0.728. The lowest BCUT2D eigenvalue weighted by molar-refractivity contribution is 0.0696. The van der Waals surface area contributed by atoms with Crippen LogP contribution in [-0.4, -0.2) is 38.1 Å². The van der Waals surface area contributed by atoms with Gasteiger partial charge in [0.05, 0.1) is 5.56 Å².